The minimum absolute atomic E-state index is 0.102. The summed E-state index contributed by atoms with van der Waals surface area (Å²) >= 11 is 1.47. The predicted octanol–water partition coefficient (Wildman–Crippen LogP) is 4.68. The second kappa shape index (κ2) is 7.08. The predicted molar refractivity (Wildman–Crippen MR) is 107 cm³/mol. The van der Waals surface area contributed by atoms with Crippen LogP contribution in [0.3, 0.4) is 0 Å². The highest BCUT2D eigenvalue weighted by Gasteiger charge is 2.23. The van der Waals surface area contributed by atoms with Gasteiger partial charge >= 0.3 is 0 Å². The number of hydrogen-bond acceptors (Lipinski definition) is 4. The van der Waals surface area contributed by atoms with E-state index < -0.39 is 0 Å². The average Bonchev–Trinajstić information content (AvgIpc) is 2.62. The standard InChI is InChI=1S/C20H23N3OS/c1-13-6-2-3-9-15(13)21-18(24)12-25-20-22-16-10-4-7-14-8-5-11-17(23-20)19(14)16/h4-5,7-8,10-11,13,15H,2-3,6,9,12H2,1H3,(H,21,24)(H,22,23)/t13-,15+/m1/s1. The van der Waals surface area contributed by atoms with Gasteiger partial charge in [-0.25, -0.2) is 4.99 Å². The molecule has 25 heavy (non-hydrogen) atoms. The van der Waals surface area contributed by atoms with E-state index in [1.54, 1.807) is 0 Å². The molecule has 1 amide bonds. The molecule has 0 radical (unpaired) electrons. The number of nitrogens with zero attached hydrogens (tertiary/aromatic N) is 1. The van der Waals surface area contributed by atoms with E-state index in [9.17, 15) is 4.79 Å². The molecule has 4 nitrogen and oxygen atoms in total. The van der Waals surface area contributed by atoms with Crippen molar-refractivity contribution in [2.75, 3.05) is 11.1 Å². The molecule has 0 spiro atoms. The number of hydrogen-bond donors (Lipinski definition) is 2. The van der Waals surface area contributed by atoms with Crippen LogP contribution in [0.5, 0.6) is 0 Å². The van der Waals surface area contributed by atoms with Crippen LogP contribution in [0.2, 0.25) is 0 Å². The molecule has 5 heteroatoms. The second-order valence-electron chi connectivity index (χ2n) is 6.95. The normalized spacial score (nSPS) is 22.2. The summed E-state index contributed by atoms with van der Waals surface area (Å²) in [7, 11) is 0. The van der Waals surface area contributed by atoms with Crippen molar-refractivity contribution in [1.82, 2.24) is 5.32 Å². The van der Waals surface area contributed by atoms with Crippen LogP contribution in [0.4, 0.5) is 11.4 Å². The first-order chi connectivity index (χ1) is 12.2. The largest absolute Gasteiger partial charge is 0.352 e. The molecule has 0 bridgehead atoms. The average molecular weight is 353 g/mol. The maximum atomic E-state index is 12.3. The molecule has 1 saturated carbocycles. The number of anilines is 1. The summed E-state index contributed by atoms with van der Waals surface area (Å²) in [5, 5.41) is 9.68. The van der Waals surface area contributed by atoms with Crippen LogP contribution < -0.4 is 10.6 Å². The number of thioether (sulfide) groups is 1. The van der Waals surface area contributed by atoms with Crippen molar-refractivity contribution in [3.05, 3.63) is 36.4 Å². The summed E-state index contributed by atoms with van der Waals surface area (Å²) in [6.45, 7) is 2.24. The number of amidine groups is 1. The fourth-order valence-electron chi connectivity index (χ4n) is 3.75. The lowest BCUT2D eigenvalue weighted by Gasteiger charge is -2.29. The number of amides is 1. The lowest BCUT2D eigenvalue weighted by Crippen LogP contribution is -2.42. The van der Waals surface area contributed by atoms with E-state index in [4.69, 9.17) is 0 Å². The Hall–Kier alpha value is -2.01. The summed E-state index contributed by atoms with van der Waals surface area (Å²) in [4.78, 5) is 17.0. The maximum Gasteiger partial charge on any atom is 0.230 e. The van der Waals surface area contributed by atoms with Crippen LogP contribution in [-0.2, 0) is 4.79 Å². The zero-order valence-corrected chi connectivity index (χ0v) is 15.2. The van der Waals surface area contributed by atoms with Crippen molar-refractivity contribution >= 4 is 45.0 Å². The van der Waals surface area contributed by atoms with Gasteiger partial charge in [0.25, 0.3) is 0 Å². The van der Waals surface area contributed by atoms with Gasteiger partial charge in [-0.1, -0.05) is 55.8 Å². The van der Waals surface area contributed by atoms with Gasteiger partial charge in [-0.2, -0.15) is 0 Å². The molecule has 2 N–H and O–H groups in total. The monoisotopic (exact) mass is 353 g/mol. The fourth-order valence-corrected chi connectivity index (χ4v) is 4.45. The Kier molecular flexibility index (Phi) is 4.66. The highest BCUT2D eigenvalue weighted by molar-refractivity contribution is 8.14. The first-order valence-corrected chi connectivity index (χ1v) is 9.99. The molecular formula is C20H23N3OS. The Balaban J connectivity index is 1.41. The minimum atomic E-state index is 0.102. The van der Waals surface area contributed by atoms with Gasteiger partial charge in [0, 0.05) is 11.4 Å². The smallest absolute Gasteiger partial charge is 0.230 e. The Morgan fingerprint density at radius 1 is 1.24 bits per heavy atom. The van der Waals surface area contributed by atoms with Crippen LogP contribution in [0.1, 0.15) is 32.6 Å². The zero-order chi connectivity index (χ0) is 17.2. The molecule has 0 saturated heterocycles. The Bertz CT molecular complexity index is 828. The van der Waals surface area contributed by atoms with E-state index in [0.717, 1.165) is 28.3 Å². The third kappa shape index (κ3) is 3.52. The van der Waals surface area contributed by atoms with Gasteiger partial charge in [0.1, 0.15) is 0 Å². The minimum Gasteiger partial charge on any atom is -0.352 e. The molecule has 0 aromatic heterocycles. The van der Waals surface area contributed by atoms with Gasteiger partial charge in [0.05, 0.1) is 17.1 Å². The van der Waals surface area contributed by atoms with Crippen molar-refractivity contribution in [3.63, 3.8) is 0 Å². The van der Waals surface area contributed by atoms with Crippen LogP contribution >= 0.6 is 11.8 Å². The zero-order valence-electron chi connectivity index (χ0n) is 14.4. The molecular weight excluding hydrogens is 330 g/mol. The number of rotatable bonds is 3. The quantitative estimate of drug-likeness (QED) is 0.842. The summed E-state index contributed by atoms with van der Waals surface area (Å²) in [5.41, 5.74) is 2.03. The second-order valence-corrected chi connectivity index (χ2v) is 7.91. The van der Waals surface area contributed by atoms with Crippen LogP contribution in [-0.4, -0.2) is 22.9 Å². The Morgan fingerprint density at radius 3 is 2.88 bits per heavy atom. The summed E-state index contributed by atoms with van der Waals surface area (Å²) in [6, 6.07) is 12.7. The van der Waals surface area contributed by atoms with Crippen molar-refractivity contribution < 1.29 is 4.79 Å². The molecule has 0 unspecified atom stereocenters. The van der Waals surface area contributed by atoms with Crippen molar-refractivity contribution in [2.45, 2.75) is 38.6 Å². The maximum absolute atomic E-state index is 12.3. The van der Waals surface area contributed by atoms with Gasteiger partial charge in [0.15, 0.2) is 5.17 Å². The van der Waals surface area contributed by atoms with Gasteiger partial charge in [-0.15, -0.1) is 0 Å². The van der Waals surface area contributed by atoms with E-state index in [0.29, 0.717) is 17.7 Å². The van der Waals surface area contributed by atoms with E-state index in [-0.39, 0.29) is 5.91 Å². The van der Waals surface area contributed by atoms with Gasteiger partial charge in [-0.05, 0) is 36.3 Å². The molecule has 130 valence electrons. The fraction of sp³-hybridized carbons (Fsp3) is 0.400. The van der Waals surface area contributed by atoms with Crippen molar-refractivity contribution in [1.29, 1.82) is 0 Å². The number of benzene rings is 2. The molecule has 1 aliphatic heterocycles. The summed E-state index contributed by atoms with van der Waals surface area (Å²) in [5.74, 6) is 1.08. The molecule has 2 aliphatic rings. The van der Waals surface area contributed by atoms with Crippen LogP contribution in [0, 0.1) is 5.92 Å². The summed E-state index contributed by atoms with van der Waals surface area (Å²) in [6.07, 6.45) is 4.82. The van der Waals surface area contributed by atoms with E-state index in [1.165, 1.54) is 36.4 Å². The number of aliphatic imine (C=N–C) groups is 1. The molecule has 4 rings (SSSR count). The lowest BCUT2D eigenvalue weighted by molar-refractivity contribution is -0.119. The highest BCUT2D eigenvalue weighted by Crippen LogP contribution is 2.36. The van der Waals surface area contributed by atoms with E-state index in [2.05, 4.69) is 40.7 Å². The Morgan fingerprint density at radius 2 is 2.04 bits per heavy atom. The number of carbonyl (C=O) groups is 1. The number of nitrogens with one attached hydrogen (secondary N) is 2. The first kappa shape index (κ1) is 16.5. The topological polar surface area (TPSA) is 53.5 Å². The highest BCUT2D eigenvalue weighted by atomic mass is 32.2. The molecule has 2 aromatic rings. The molecule has 1 aliphatic carbocycles. The van der Waals surface area contributed by atoms with Gasteiger partial charge < -0.3 is 10.6 Å². The van der Waals surface area contributed by atoms with Gasteiger partial charge in [0.2, 0.25) is 5.91 Å². The third-order valence-electron chi connectivity index (χ3n) is 5.14. The molecule has 2 atom stereocenters. The molecule has 1 fully saturated rings. The SMILES string of the molecule is C[C@@H]1CCCC[C@@H]1NC(=O)CSC1=Nc2cccc3cccc(c23)N1. The van der Waals surface area contributed by atoms with Crippen molar-refractivity contribution in [2.24, 2.45) is 10.9 Å². The first-order valence-electron chi connectivity index (χ1n) is 9.00. The summed E-state index contributed by atoms with van der Waals surface area (Å²) < 4.78 is 0. The Labute approximate surface area is 152 Å². The lowest BCUT2D eigenvalue weighted by atomic mass is 9.86. The van der Waals surface area contributed by atoms with Crippen molar-refractivity contribution in [3.8, 4) is 0 Å². The third-order valence-corrected chi connectivity index (χ3v) is 6.02. The van der Waals surface area contributed by atoms with E-state index in [1.807, 2.05) is 18.2 Å². The van der Waals surface area contributed by atoms with Gasteiger partial charge in [-0.3, -0.25) is 4.79 Å². The van der Waals surface area contributed by atoms with E-state index >= 15 is 0 Å². The van der Waals surface area contributed by atoms with Crippen LogP contribution in [0.15, 0.2) is 41.4 Å². The van der Waals surface area contributed by atoms with Crippen LogP contribution in [0.25, 0.3) is 10.8 Å². The molecule has 2 aromatic carbocycles. The number of carbonyl (C=O) groups excluding carboxylic acids is 1. The molecule has 1 heterocycles.